The molecule has 1 aliphatic rings. The van der Waals surface area contributed by atoms with Crippen LogP contribution in [0.4, 0.5) is 0 Å². The summed E-state index contributed by atoms with van der Waals surface area (Å²) in [7, 11) is 1.63. The number of carbonyl (C=O) groups is 1. The molecule has 1 amide bonds. The molecule has 0 saturated heterocycles. The largest absolute Gasteiger partial charge is 0.497 e. The molecule has 1 aliphatic heterocycles. The Morgan fingerprint density at radius 1 is 1.18 bits per heavy atom. The topological polar surface area (TPSA) is 56.8 Å². The van der Waals surface area contributed by atoms with Crippen LogP contribution in [0.3, 0.4) is 0 Å². The SMILES string of the molecule is COc1ccc2c(c1)[C@@H](NC(=O)COc1ccc(C(C)C)cc1)CC(C)(C)O2. The second-order valence-corrected chi connectivity index (χ2v) is 8.10. The van der Waals surface area contributed by atoms with Crippen molar-refractivity contribution in [2.24, 2.45) is 0 Å². The van der Waals surface area contributed by atoms with Gasteiger partial charge in [0.1, 0.15) is 22.8 Å². The smallest absolute Gasteiger partial charge is 0.258 e. The third-order valence-electron chi connectivity index (χ3n) is 4.93. The fourth-order valence-corrected chi connectivity index (χ4v) is 3.42. The predicted molar refractivity (Wildman–Crippen MR) is 109 cm³/mol. The first-order valence-electron chi connectivity index (χ1n) is 9.66. The lowest BCUT2D eigenvalue weighted by Gasteiger charge is -2.38. The Morgan fingerprint density at radius 2 is 1.86 bits per heavy atom. The average Bonchev–Trinajstić information content (AvgIpc) is 2.65. The average molecular weight is 383 g/mol. The summed E-state index contributed by atoms with van der Waals surface area (Å²) in [6.07, 6.45) is 0.669. The van der Waals surface area contributed by atoms with Crippen LogP contribution in [0.1, 0.15) is 57.2 Å². The Balaban J connectivity index is 1.66. The van der Waals surface area contributed by atoms with E-state index in [1.807, 2.05) is 56.3 Å². The van der Waals surface area contributed by atoms with Crippen LogP contribution in [-0.2, 0) is 4.79 Å². The summed E-state index contributed by atoms with van der Waals surface area (Å²) in [5.41, 5.74) is 1.80. The molecule has 5 heteroatoms. The maximum Gasteiger partial charge on any atom is 0.258 e. The van der Waals surface area contributed by atoms with Crippen molar-refractivity contribution in [2.45, 2.75) is 51.7 Å². The number of nitrogens with one attached hydrogen (secondary N) is 1. The number of amides is 1. The maximum atomic E-state index is 12.5. The zero-order valence-electron chi connectivity index (χ0n) is 17.2. The van der Waals surface area contributed by atoms with E-state index in [-0.39, 0.29) is 24.2 Å². The van der Waals surface area contributed by atoms with Gasteiger partial charge in [0, 0.05) is 12.0 Å². The van der Waals surface area contributed by atoms with Crippen molar-refractivity contribution in [1.82, 2.24) is 5.32 Å². The van der Waals surface area contributed by atoms with Gasteiger partial charge in [-0.25, -0.2) is 0 Å². The number of rotatable bonds is 6. The van der Waals surface area contributed by atoms with E-state index in [0.29, 0.717) is 18.1 Å². The Hall–Kier alpha value is -2.69. The van der Waals surface area contributed by atoms with Crippen molar-refractivity contribution in [3.05, 3.63) is 53.6 Å². The normalized spacial score (nSPS) is 17.4. The van der Waals surface area contributed by atoms with Crippen molar-refractivity contribution < 1.29 is 19.0 Å². The summed E-state index contributed by atoms with van der Waals surface area (Å²) in [5, 5.41) is 3.08. The summed E-state index contributed by atoms with van der Waals surface area (Å²) < 4.78 is 17.0. The number of hydrogen-bond donors (Lipinski definition) is 1. The van der Waals surface area contributed by atoms with Crippen molar-refractivity contribution in [3.8, 4) is 17.2 Å². The van der Waals surface area contributed by atoms with E-state index in [0.717, 1.165) is 17.1 Å². The molecule has 0 radical (unpaired) electrons. The van der Waals surface area contributed by atoms with Crippen LogP contribution >= 0.6 is 0 Å². The molecule has 0 bridgehead atoms. The van der Waals surface area contributed by atoms with Gasteiger partial charge in [-0.3, -0.25) is 4.79 Å². The van der Waals surface area contributed by atoms with Gasteiger partial charge in [-0.1, -0.05) is 26.0 Å². The molecule has 5 nitrogen and oxygen atoms in total. The molecule has 28 heavy (non-hydrogen) atoms. The van der Waals surface area contributed by atoms with E-state index >= 15 is 0 Å². The standard InChI is InChI=1S/C23H29NO4/c1-15(2)16-6-8-17(9-7-16)27-14-22(25)24-20-13-23(3,4)28-21-11-10-18(26-5)12-19(20)21/h6-12,15,20H,13-14H2,1-5H3,(H,24,25)/t20-/m0/s1. The monoisotopic (exact) mass is 383 g/mol. The third-order valence-corrected chi connectivity index (χ3v) is 4.93. The molecular weight excluding hydrogens is 354 g/mol. The number of methoxy groups -OCH3 is 1. The molecule has 2 aromatic carbocycles. The first-order valence-corrected chi connectivity index (χ1v) is 9.66. The molecule has 1 atom stereocenters. The highest BCUT2D eigenvalue weighted by Crippen LogP contribution is 2.41. The molecule has 0 spiro atoms. The first-order chi connectivity index (χ1) is 13.3. The highest BCUT2D eigenvalue weighted by Gasteiger charge is 2.34. The number of fused-ring (bicyclic) bond motifs is 1. The summed E-state index contributed by atoms with van der Waals surface area (Å²) in [6, 6.07) is 13.4. The lowest BCUT2D eigenvalue weighted by atomic mass is 9.89. The van der Waals surface area contributed by atoms with Gasteiger partial charge in [0.15, 0.2) is 6.61 Å². The van der Waals surface area contributed by atoms with Gasteiger partial charge in [0.05, 0.1) is 13.2 Å². The van der Waals surface area contributed by atoms with E-state index in [9.17, 15) is 4.79 Å². The highest BCUT2D eigenvalue weighted by atomic mass is 16.5. The van der Waals surface area contributed by atoms with Gasteiger partial charge in [-0.05, 0) is 55.7 Å². The molecule has 2 aromatic rings. The van der Waals surface area contributed by atoms with E-state index in [1.54, 1.807) is 7.11 Å². The molecule has 150 valence electrons. The quantitative estimate of drug-likeness (QED) is 0.791. The number of benzene rings is 2. The van der Waals surface area contributed by atoms with Gasteiger partial charge in [-0.2, -0.15) is 0 Å². The van der Waals surface area contributed by atoms with Crippen LogP contribution in [0.15, 0.2) is 42.5 Å². The fourth-order valence-electron chi connectivity index (χ4n) is 3.42. The minimum Gasteiger partial charge on any atom is -0.497 e. The summed E-state index contributed by atoms with van der Waals surface area (Å²) in [6.45, 7) is 8.30. The van der Waals surface area contributed by atoms with Crippen molar-refractivity contribution in [1.29, 1.82) is 0 Å². The molecule has 0 saturated carbocycles. The molecule has 0 aromatic heterocycles. The van der Waals surface area contributed by atoms with Crippen LogP contribution in [0.2, 0.25) is 0 Å². The minimum atomic E-state index is -0.368. The van der Waals surface area contributed by atoms with E-state index in [2.05, 4.69) is 19.2 Å². The van der Waals surface area contributed by atoms with Gasteiger partial charge in [0.25, 0.3) is 5.91 Å². The van der Waals surface area contributed by atoms with Crippen LogP contribution < -0.4 is 19.5 Å². The molecule has 0 unspecified atom stereocenters. The molecule has 1 heterocycles. The van der Waals surface area contributed by atoms with E-state index in [1.165, 1.54) is 5.56 Å². The lowest BCUT2D eigenvalue weighted by molar-refractivity contribution is -0.124. The van der Waals surface area contributed by atoms with E-state index < -0.39 is 0 Å². The Bertz CT molecular complexity index is 827. The van der Waals surface area contributed by atoms with Crippen molar-refractivity contribution >= 4 is 5.91 Å². The van der Waals surface area contributed by atoms with Crippen molar-refractivity contribution in [2.75, 3.05) is 13.7 Å². The number of carbonyl (C=O) groups excluding carboxylic acids is 1. The van der Waals surface area contributed by atoms with Gasteiger partial charge >= 0.3 is 0 Å². The maximum absolute atomic E-state index is 12.5. The highest BCUT2D eigenvalue weighted by molar-refractivity contribution is 5.78. The van der Waals surface area contributed by atoms with Gasteiger partial charge in [-0.15, -0.1) is 0 Å². The molecule has 0 aliphatic carbocycles. The minimum absolute atomic E-state index is 0.0297. The molecular formula is C23H29NO4. The van der Waals surface area contributed by atoms with Gasteiger partial charge < -0.3 is 19.5 Å². The molecule has 1 N–H and O–H groups in total. The Kier molecular flexibility index (Phi) is 5.82. The lowest BCUT2D eigenvalue weighted by Crippen LogP contribution is -2.42. The summed E-state index contributed by atoms with van der Waals surface area (Å²) in [5.74, 6) is 2.50. The predicted octanol–water partition coefficient (Wildman–Crippen LogP) is 4.62. The second kappa shape index (κ2) is 8.13. The zero-order valence-corrected chi connectivity index (χ0v) is 17.2. The Labute approximate surface area is 167 Å². The number of hydrogen-bond acceptors (Lipinski definition) is 4. The van der Waals surface area contributed by atoms with Crippen LogP contribution in [0.5, 0.6) is 17.2 Å². The van der Waals surface area contributed by atoms with Crippen LogP contribution in [-0.4, -0.2) is 25.2 Å². The molecule has 3 rings (SSSR count). The number of ether oxygens (including phenoxy) is 3. The second-order valence-electron chi connectivity index (χ2n) is 8.10. The van der Waals surface area contributed by atoms with Crippen molar-refractivity contribution in [3.63, 3.8) is 0 Å². The van der Waals surface area contributed by atoms with E-state index in [4.69, 9.17) is 14.2 Å². The summed E-state index contributed by atoms with van der Waals surface area (Å²) in [4.78, 5) is 12.5. The van der Waals surface area contributed by atoms with Crippen LogP contribution in [0.25, 0.3) is 0 Å². The van der Waals surface area contributed by atoms with Gasteiger partial charge in [0.2, 0.25) is 0 Å². The Morgan fingerprint density at radius 3 is 2.50 bits per heavy atom. The fraction of sp³-hybridized carbons (Fsp3) is 0.435. The zero-order chi connectivity index (χ0) is 20.3. The van der Waals surface area contributed by atoms with Crippen LogP contribution in [0, 0.1) is 0 Å². The molecule has 0 fully saturated rings. The first kappa shape index (κ1) is 20.1. The third kappa shape index (κ3) is 4.77. The summed E-state index contributed by atoms with van der Waals surface area (Å²) >= 11 is 0.